The maximum atomic E-state index is 2.61. The van der Waals surface area contributed by atoms with E-state index in [9.17, 15) is 0 Å². The van der Waals surface area contributed by atoms with Crippen LogP contribution in [0.1, 0.15) is 65.7 Å². The first kappa shape index (κ1) is 9.00. The predicted molar refractivity (Wildman–Crippen MR) is 65.0 cm³/mol. The summed E-state index contributed by atoms with van der Waals surface area (Å²) in [6, 6.07) is 0. The fourth-order valence-electron chi connectivity index (χ4n) is 7.81. The first-order valence-corrected chi connectivity index (χ1v) is 7.46. The Balaban J connectivity index is 1.74. The molecule has 0 aliphatic heterocycles. The Labute approximate surface area is 99.2 Å². The number of hydrogen-bond donors (Lipinski definition) is 0. The lowest BCUT2D eigenvalue weighted by Crippen LogP contribution is -2.88. The van der Waals surface area contributed by atoms with E-state index in [1.54, 1.807) is 38.5 Å². The van der Waals surface area contributed by atoms with Crippen LogP contribution in [0.4, 0.5) is 0 Å². The van der Waals surface area contributed by atoms with Crippen LogP contribution in [0.3, 0.4) is 0 Å². The van der Waals surface area contributed by atoms with Gasteiger partial charge >= 0.3 is 0 Å². The molecule has 0 heterocycles. The molecule has 8 aliphatic rings. The Morgan fingerprint density at radius 3 is 1.94 bits per heavy atom. The summed E-state index contributed by atoms with van der Waals surface area (Å²) in [6.07, 6.45) is 11.2. The van der Waals surface area contributed by atoms with Crippen LogP contribution >= 0.6 is 0 Å². The average molecular weight is 216 g/mol. The molecule has 0 amide bonds. The molecular formula is C16H24. The van der Waals surface area contributed by atoms with Gasteiger partial charge in [-0.05, 0) is 77.9 Å². The highest BCUT2D eigenvalue weighted by atomic mass is 15.0. The molecule has 8 aliphatic carbocycles. The van der Waals surface area contributed by atoms with E-state index >= 15 is 0 Å². The van der Waals surface area contributed by atoms with Crippen molar-refractivity contribution in [1.82, 2.24) is 0 Å². The van der Waals surface area contributed by atoms with Gasteiger partial charge in [-0.3, -0.25) is 0 Å². The molecule has 0 N–H and O–H groups in total. The summed E-state index contributed by atoms with van der Waals surface area (Å²) >= 11 is 0. The maximum absolute atomic E-state index is 2.61. The lowest BCUT2D eigenvalue weighted by molar-refractivity contribution is -0.470. The quantitative estimate of drug-likeness (QED) is 0.563. The van der Waals surface area contributed by atoms with E-state index in [1.165, 1.54) is 6.42 Å². The van der Waals surface area contributed by atoms with Crippen molar-refractivity contribution in [2.24, 2.45) is 33.0 Å². The number of rotatable bonds is 0. The minimum absolute atomic E-state index is 0.711. The highest BCUT2D eigenvalue weighted by Crippen LogP contribution is 3.02. The van der Waals surface area contributed by atoms with E-state index in [0.29, 0.717) is 5.41 Å². The molecule has 0 radical (unpaired) electrons. The second-order valence-electron chi connectivity index (χ2n) is 8.71. The summed E-state index contributed by atoms with van der Waals surface area (Å²) in [5.41, 5.74) is 4.04. The molecule has 16 heavy (non-hydrogen) atoms. The van der Waals surface area contributed by atoms with Crippen molar-refractivity contribution in [1.29, 1.82) is 0 Å². The van der Waals surface area contributed by atoms with Crippen molar-refractivity contribution in [3.05, 3.63) is 0 Å². The van der Waals surface area contributed by atoms with Crippen LogP contribution in [0, 0.1) is 33.0 Å². The second-order valence-corrected chi connectivity index (χ2v) is 8.71. The molecule has 2 atom stereocenters. The molecule has 0 aromatic heterocycles. The lowest BCUT2D eigenvalue weighted by atomic mass is 9.09. The van der Waals surface area contributed by atoms with E-state index in [2.05, 4.69) is 20.8 Å². The fraction of sp³-hybridized carbons (Fsp3) is 1.00. The molecule has 0 aromatic carbocycles. The van der Waals surface area contributed by atoms with Gasteiger partial charge in [-0.2, -0.15) is 0 Å². The minimum Gasteiger partial charge on any atom is -0.0619 e. The molecule has 0 saturated heterocycles. The molecule has 0 nitrogen and oxygen atoms in total. The van der Waals surface area contributed by atoms with Crippen LogP contribution in [-0.2, 0) is 0 Å². The van der Waals surface area contributed by atoms with Gasteiger partial charge in [0.05, 0.1) is 0 Å². The van der Waals surface area contributed by atoms with Gasteiger partial charge in [0.1, 0.15) is 0 Å². The van der Waals surface area contributed by atoms with Gasteiger partial charge in [0.25, 0.3) is 0 Å². The van der Waals surface area contributed by atoms with Crippen LogP contribution < -0.4 is 0 Å². The Morgan fingerprint density at radius 2 is 1.56 bits per heavy atom. The summed E-state index contributed by atoms with van der Waals surface area (Å²) < 4.78 is 0. The van der Waals surface area contributed by atoms with Crippen molar-refractivity contribution < 1.29 is 0 Å². The van der Waals surface area contributed by atoms with E-state index in [4.69, 9.17) is 0 Å². The highest BCUT2D eigenvalue weighted by Gasteiger charge is 2.94. The van der Waals surface area contributed by atoms with Gasteiger partial charge in [0.15, 0.2) is 0 Å². The third-order valence-corrected chi connectivity index (χ3v) is 8.95. The molecule has 2 bridgehead atoms. The van der Waals surface area contributed by atoms with Gasteiger partial charge in [-0.25, -0.2) is 0 Å². The van der Waals surface area contributed by atoms with Gasteiger partial charge < -0.3 is 0 Å². The van der Waals surface area contributed by atoms with Crippen molar-refractivity contribution in [3.63, 3.8) is 0 Å². The average Bonchev–Trinajstić information content (AvgIpc) is 2.94. The molecule has 2 spiro atoms. The molecule has 8 saturated carbocycles. The monoisotopic (exact) mass is 216 g/mol. The lowest BCUT2D eigenvalue weighted by Gasteiger charge is -2.95. The normalized spacial score (nSPS) is 65.8. The Bertz CT molecular complexity index is 406. The van der Waals surface area contributed by atoms with E-state index in [1.807, 2.05) is 0 Å². The SMILES string of the molecule is C[C@H]1CCC12C1(CC1)CC13CC2(C1)C3(C)C. The second kappa shape index (κ2) is 1.84. The van der Waals surface area contributed by atoms with Crippen LogP contribution in [-0.4, -0.2) is 0 Å². The standard InChI is InChI=1S/C16H24/c1-11-4-5-16(11)13(6-7-13)8-14-9-15(16,10-14)12(14,2)3/h11H,4-10H2,1-3H3/t11-,14?,15?,16?/m0/s1. The summed E-state index contributed by atoms with van der Waals surface area (Å²) in [6.45, 7) is 7.81. The molecular weight excluding hydrogens is 192 g/mol. The Kier molecular flexibility index (Phi) is 1.03. The maximum Gasteiger partial charge on any atom is -0.0153 e. The van der Waals surface area contributed by atoms with E-state index in [-0.39, 0.29) is 0 Å². The van der Waals surface area contributed by atoms with Crippen molar-refractivity contribution in [2.45, 2.75) is 65.7 Å². The topological polar surface area (TPSA) is 0 Å². The molecule has 0 aromatic rings. The largest absolute Gasteiger partial charge is 0.0619 e. The Hall–Kier alpha value is 0. The van der Waals surface area contributed by atoms with Crippen molar-refractivity contribution in [2.75, 3.05) is 0 Å². The van der Waals surface area contributed by atoms with E-state index < -0.39 is 0 Å². The third kappa shape index (κ3) is 0.469. The van der Waals surface area contributed by atoms with Gasteiger partial charge in [-0.1, -0.05) is 20.8 Å². The van der Waals surface area contributed by atoms with Crippen molar-refractivity contribution >= 4 is 0 Å². The highest BCUT2D eigenvalue weighted by molar-refractivity contribution is 5.43. The first-order valence-electron chi connectivity index (χ1n) is 7.46. The first-order chi connectivity index (χ1) is 7.46. The Morgan fingerprint density at radius 1 is 0.875 bits per heavy atom. The summed E-state index contributed by atoms with van der Waals surface area (Å²) in [7, 11) is 0. The molecule has 88 valence electrons. The molecule has 8 rings (SSSR count). The van der Waals surface area contributed by atoms with Crippen LogP contribution in [0.15, 0.2) is 0 Å². The zero-order valence-electron chi connectivity index (χ0n) is 11.0. The van der Waals surface area contributed by atoms with Crippen LogP contribution in [0.5, 0.6) is 0 Å². The third-order valence-electron chi connectivity index (χ3n) is 8.95. The van der Waals surface area contributed by atoms with Gasteiger partial charge in [-0.15, -0.1) is 0 Å². The smallest absolute Gasteiger partial charge is 0.0153 e. The van der Waals surface area contributed by atoms with Gasteiger partial charge in [0.2, 0.25) is 0 Å². The number of hydrogen-bond acceptors (Lipinski definition) is 0. The van der Waals surface area contributed by atoms with Crippen LogP contribution in [0.25, 0.3) is 0 Å². The molecule has 8 fully saturated rings. The minimum atomic E-state index is 0.711. The van der Waals surface area contributed by atoms with Gasteiger partial charge in [0, 0.05) is 0 Å². The zero-order valence-corrected chi connectivity index (χ0v) is 11.0. The summed E-state index contributed by atoms with van der Waals surface area (Å²) in [5, 5.41) is 0. The summed E-state index contributed by atoms with van der Waals surface area (Å²) in [4.78, 5) is 0. The van der Waals surface area contributed by atoms with Crippen molar-refractivity contribution in [3.8, 4) is 0 Å². The fourth-order valence-corrected chi connectivity index (χ4v) is 7.81. The summed E-state index contributed by atoms with van der Waals surface area (Å²) in [5.74, 6) is 1.05. The van der Waals surface area contributed by atoms with Crippen LogP contribution in [0.2, 0.25) is 0 Å². The predicted octanol–water partition coefficient (Wildman–Crippen LogP) is 4.39. The van der Waals surface area contributed by atoms with E-state index in [0.717, 1.165) is 27.6 Å². The molecule has 0 heteroatoms. The zero-order chi connectivity index (χ0) is 11.0. The molecule has 1 unspecified atom stereocenters.